The van der Waals surface area contributed by atoms with Crippen LogP contribution in [0.5, 0.6) is 5.75 Å². The molecule has 0 bridgehead atoms. The lowest BCUT2D eigenvalue weighted by Gasteiger charge is -2.26. The molecule has 1 atom stereocenters. The molecule has 3 aromatic rings. The predicted octanol–water partition coefficient (Wildman–Crippen LogP) is 5.40. The zero-order valence-corrected chi connectivity index (χ0v) is 20.1. The van der Waals surface area contributed by atoms with Gasteiger partial charge in [-0.1, -0.05) is 55.6 Å². The first kappa shape index (κ1) is 25.5. The van der Waals surface area contributed by atoms with Gasteiger partial charge in [-0.2, -0.15) is 0 Å². The largest absolute Gasteiger partial charge is 0.573 e. The van der Waals surface area contributed by atoms with Crippen molar-refractivity contribution in [2.45, 2.75) is 49.8 Å². The fourth-order valence-corrected chi connectivity index (χ4v) is 6.20. The predicted molar refractivity (Wildman–Crippen MR) is 119 cm³/mol. The number of ether oxygens (including phenoxy) is 1. The number of nitrogens with one attached hydrogen (secondary N) is 1. The van der Waals surface area contributed by atoms with Crippen molar-refractivity contribution in [1.82, 2.24) is 19.7 Å². The maximum atomic E-state index is 13.0. The van der Waals surface area contributed by atoms with Gasteiger partial charge < -0.3 is 4.74 Å². The van der Waals surface area contributed by atoms with Crippen molar-refractivity contribution in [2.24, 2.45) is 5.92 Å². The molecule has 33 heavy (non-hydrogen) atoms. The molecule has 13 heteroatoms. The molecular formula is C20H22ClF3N4O3S2. The first-order valence-corrected chi connectivity index (χ1v) is 12.7. The van der Waals surface area contributed by atoms with Crippen molar-refractivity contribution in [3.8, 4) is 5.75 Å². The van der Waals surface area contributed by atoms with E-state index in [0.29, 0.717) is 28.4 Å². The normalized spacial score (nSPS) is 13.4. The van der Waals surface area contributed by atoms with E-state index in [9.17, 15) is 21.6 Å². The Labute approximate surface area is 198 Å². The average Bonchev–Trinajstić information content (AvgIpc) is 3.38. The molecule has 0 aliphatic rings. The lowest BCUT2D eigenvalue weighted by atomic mass is 9.93. The fraction of sp³-hybridized carbons (Fsp3) is 0.400. The van der Waals surface area contributed by atoms with Gasteiger partial charge in [-0.15, -0.1) is 29.6 Å². The molecule has 3 rings (SSSR count). The molecule has 0 saturated heterocycles. The van der Waals surface area contributed by atoms with Gasteiger partial charge in [0.15, 0.2) is 0 Å². The smallest absolute Gasteiger partial charge is 0.406 e. The van der Waals surface area contributed by atoms with E-state index >= 15 is 0 Å². The Morgan fingerprint density at radius 3 is 2.36 bits per heavy atom. The Kier molecular flexibility index (Phi) is 8.04. The zero-order valence-electron chi connectivity index (χ0n) is 17.7. The minimum absolute atomic E-state index is 0.0463. The summed E-state index contributed by atoms with van der Waals surface area (Å²) in [6, 6.07) is 7.73. The van der Waals surface area contributed by atoms with Crippen LogP contribution in [0.3, 0.4) is 0 Å². The summed E-state index contributed by atoms with van der Waals surface area (Å²) in [5.41, 5.74) is 1.19. The van der Waals surface area contributed by atoms with Gasteiger partial charge in [0.05, 0.1) is 28.8 Å². The second-order valence-electron chi connectivity index (χ2n) is 7.24. The van der Waals surface area contributed by atoms with E-state index in [1.807, 2.05) is 13.8 Å². The average molecular weight is 523 g/mol. The number of hydrogen-bond acceptors (Lipinski definition) is 6. The topological polar surface area (TPSA) is 86.1 Å². The van der Waals surface area contributed by atoms with Crippen LogP contribution in [0.25, 0.3) is 0 Å². The number of rotatable bonds is 10. The molecule has 0 saturated carbocycles. The summed E-state index contributed by atoms with van der Waals surface area (Å²) in [4.78, 5) is 0. The van der Waals surface area contributed by atoms with E-state index in [1.165, 1.54) is 47.3 Å². The molecule has 1 unspecified atom stereocenters. The number of thiophene rings is 1. The Balaban J connectivity index is 1.87. The van der Waals surface area contributed by atoms with E-state index < -0.39 is 22.4 Å². The van der Waals surface area contributed by atoms with E-state index in [1.54, 1.807) is 0 Å². The third-order valence-electron chi connectivity index (χ3n) is 5.07. The van der Waals surface area contributed by atoms with Gasteiger partial charge in [-0.3, -0.25) is 0 Å². The molecule has 0 amide bonds. The lowest BCUT2D eigenvalue weighted by molar-refractivity contribution is -0.274. The van der Waals surface area contributed by atoms with Gasteiger partial charge in [0.25, 0.3) is 10.0 Å². The molecule has 2 aromatic heterocycles. The third-order valence-corrected chi connectivity index (χ3v) is 8.24. The van der Waals surface area contributed by atoms with E-state index in [0.717, 1.165) is 11.3 Å². The van der Waals surface area contributed by atoms with Gasteiger partial charge in [0.2, 0.25) is 0 Å². The number of halogens is 4. The molecular weight excluding hydrogens is 501 g/mol. The van der Waals surface area contributed by atoms with Crippen molar-refractivity contribution >= 4 is 33.0 Å². The number of alkyl halides is 3. The summed E-state index contributed by atoms with van der Waals surface area (Å²) in [6.07, 6.45) is -1.88. The van der Waals surface area contributed by atoms with Gasteiger partial charge >= 0.3 is 6.36 Å². The van der Waals surface area contributed by atoms with Crippen LogP contribution >= 0.6 is 22.9 Å². The molecule has 0 aliphatic heterocycles. The second-order valence-corrected chi connectivity index (χ2v) is 10.9. The number of benzene rings is 1. The molecule has 180 valence electrons. The van der Waals surface area contributed by atoms with Crippen molar-refractivity contribution in [2.75, 3.05) is 0 Å². The van der Waals surface area contributed by atoms with Crippen LogP contribution in [0.4, 0.5) is 13.2 Å². The van der Waals surface area contributed by atoms with Gasteiger partial charge in [-0.05, 0) is 35.7 Å². The van der Waals surface area contributed by atoms with E-state index in [-0.39, 0.29) is 22.4 Å². The van der Waals surface area contributed by atoms with Crippen LogP contribution in [0.1, 0.15) is 44.0 Å². The van der Waals surface area contributed by atoms with E-state index in [2.05, 4.69) is 19.8 Å². The molecule has 7 nitrogen and oxygen atoms in total. The number of nitrogens with zero attached hydrogens (tertiary/aromatic N) is 3. The molecule has 0 fully saturated rings. The van der Waals surface area contributed by atoms with Crippen molar-refractivity contribution in [3.05, 3.63) is 58.2 Å². The summed E-state index contributed by atoms with van der Waals surface area (Å²) in [7, 11) is -3.85. The maximum absolute atomic E-state index is 13.0. The van der Waals surface area contributed by atoms with Crippen LogP contribution in [0.2, 0.25) is 4.34 Å². The van der Waals surface area contributed by atoms with Crippen LogP contribution in [-0.4, -0.2) is 29.8 Å². The molecule has 0 radical (unpaired) electrons. The molecule has 2 heterocycles. The van der Waals surface area contributed by atoms with Crippen LogP contribution < -0.4 is 9.46 Å². The summed E-state index contributed by atoms with van der Waals surface area (Å²) < 4.78 is 71.8. The van der Waals surface area contributed by atoms with Crippen LogP contribution in [0.15, 0.2) is 46.8 Å². The molecule has 0 spiro atoms. The fourth-order valence-electron chi connectivity index (χ4n) is 3.42. The molecule has 1 N–H and O–H groups in total. The first-order valence-electron chi connectivity index (χ1n) is 10.0. The number of hydrogen-bond donors (Lipinski definition) is 1. The first-order chi connectivity index (χ1) is 15.5. The maximum Gasteiger partial charge on any atom is 0.573 e. The quantitative estimate of drug-likeness (QED) is 0.385. The Hall–Kier alpha value is -2.15. The highest BCUT2D eigenvalue weighted by Crippen LogP contribution is 2.32. The zero-order chi connectivity index (χ0) is 24.2. The SMILES string of the molecule is CCC(CC)C(NS(=O)(=O)c1ccc(Cl)s1)c1cnnn1Cc1ccc(OC(F)(F)F)cc1. The van der Waals surface area contributed by atoms with Crippen molar-refractivity contribution in [3.63, 3.8) is 0 Å². The highest BCUT2D eigenvalue weighted by Gasteiger charge is 2.32. The van der Waals surface area contributed by atoms with Crippen LogP contribution in [-0.2, 0) is 16.6 Å². The number of aromatic nitrogens is 3. The molecule has 1 aromatic carbocycles. The van der Waals surface area contributed by atoms with Gasteiger partial charge in [-0.25, -0.2) is 17.8 Å². The minimum atomic E-state index is -4.77. The second kappa shape index (κ2) is 10.4. The Morgan fingerprint density at radius 2 is 1.82 bits per heavy atom. The summed E-state index contributed by atoms with van der Waals surface area (Å²) in [5, 5.41) is 8.02. The van der Waals surface area contributed by atoms with E-state index in [4.69, 9.17) is 11.6 Å². The third kappa shape index (κ3) is 6.69. The van der Waals surface area contributed by atoms with Crippen molar-refractivity contribution < 1.29 is 26.3 Å². The highest BCUT2D eigenvalue weighted by molar-refractivity contribution is 7.91. The van der Waals surface area contributed by atoms with Crippen LogP contribution in [0, 0.1) is 5.92 Å². The monoisotopic (exact) mass is 522 g/mol. The summed E-state index contributed by atoms with van der Waals surface area (Å²) in [6.45, 7) is 4.11. The molecule has 0 aliphatic carbocycles. The van der Waals surface area contributed by atoms with Crippen molar-refractivity contribution in [1.29, 1.82) is 0 Å². The van der Waals surface area contributed by atoms with Gasteiger partial charge in [0.1, 0.15) is 9.96 Å². The Bertz CT molecular complexity index is 1160. The standard InChI is InChI=1S/C20H22ClF3N4O3S2/c1-3-14(4-2)19(26-33(29,30)18-10-9-17(21)32-18)16-11-25-27-28(16)12-13-5-7-15(8-6-13)31-20(22,23)24/h5-11,14,19,26H,3-4,12H2,1-2H3. The van der Waals surface area contributed by atoms with Gasteiger partial charge in [0, 0.05) is 0 Å². The number of sulfonamides is 1. The summed E-state index contributed by atoms with van der Waals surface area (Å²) >= 11 is 6.87. The summed E-state index contributed by atoms with van der Waals surface area (Å²) in [5.74, 6) is -0.377. The Morgan fingerprint density at radius 1 is 1.15 bits per heavy atom. The highest BCUT2D eigenvalue weighted by atomic mass is 35.5. The lowest BCUT2D eigenvalue weighted by Crippen LogP contribution is -2.34. The minimum Gasteiger partial charge on any atom is -0.406 e.